The number of ether oxygens (including phenoxy) is 1. The van der Waals surface area contributed by atoms with Gasteiger partial charge < -0.3 is 15.4 Å². The number of hydrogen-bond acceptors (Lipinski definition) is 7. The van der Waals surface area contributed by atoms with Crippen LogP contribution in [0.5, 0.6) is 5.75 Å². The number of nitro groups is 1. The predicted octanol–water partition coefficient (Wildman–Crippen LogP) is 3.70. The highest BCUT2D eigenvalue weighted by Gasteiger charge is 2.30. The van der Waals surface area contributed by atoms with Crippen molar-refractivity contribution in [3.63, 3.8) is 0 Å². The number of para-hydroxylation sites is 2. The van der Waals surface area contributed by atoms with Crippen molar-refractivity contribution in [2.24, 2.45) is 0 Å². The number of nitrogens with zero attached hydrogens (tertiary/aromatic N) is 2. The van der Waals surface area contributed by atoms with Crippen molar-refractivity contribution < 1.29 is 19.2 Å². The summed E-state index contributed by atoms with van der Waals surface area (Å²) in [6.07, 6.45) is 0.114. The monoisotopic (exact) mass is 452 g/mol. The van der Waals surface area contributed by atoms with Crippen LogP contribution in [0.4, 0.5) is 11.4 Å². The fourth-order valence-corrected chi connectivity index (χ4v) is 4.12. The van der Waals surface area contributed by atoms with Crippen LogP contribution < -0.4 is 15.4 Å². The molecular weight excluding hydrogens is 432 g/mol. The standard InChI is InChI=1S/C22H20N4O5S/c1-2-31-15-9-7-14(8-10-15)16-11-20(27)25-22(17(16)12-23)32-13-21(28)24-18-5-3-4-6-19(18)26(29)30/h3-10,16H,2,11,13H2,1H3,(H,24,28)(H,25,27)/t16-/m0/s1. The number of carbonyl (C=O) groups is 2. The Kier molecular flexibility index (Phi) is 7.46. The SMILES string of the molecule is CCOc1ccc([C@@H]2CC(=O)NC(SCC(=O)Nc3ccccc3[N+](=O)[O-])=C2C#N)cc1. The van der Waals surface area contributed by atoms with Gasteiger partial charge in [-0.2, -0.15) is 5.26 Å². The second kappa shape index (κ2) is 10.5. The van der Waals surface area contributed by atoms with Gasteiger partial charge >= 0.3 is 0 Å². The number of amides is 2. The lowest BCUT2D eigenvalue weighted by molar-refractivity contribution is -0.383. The van der Waals surface area contributed by atoms with E-state index in [4.69, 9.17) is 4.74 Å². The van der Waals surface area contributed by atoms with Gasteiger partial charge in [0.2, 0.25) is 11.8 Å². The number of benzene rings is 2. The molecule has 2 N–H and O–H groups in total. The van der Waals surface area contributed by atoms with Crippen LogP contribution in [-0.2, 0) is 9.59 Å². The fourth-order valence-electron chi connectivity index (χ4n) is 3.24. The summed E-state index contributed by atoms with van der Waals surface area (Å²) in [5, 5.41) is 26.3. The predicted molar refractivity (Wildman–Crippen MR) is 120 cm³/mol. The minimum absolute atomic E-state index is 0.0810. The lowest BCUT2D eigenvalue weighted by atomic mass is 9.87. The molecule has 0 radical (unpaired) electrons. The van der Waals surface area contributed by atoms with Gasteiger partial charge in [-0.3, -0.25) is 19.7 Å². The molecule has 1 atom stereocenters. The number of rotatable bonds is 8. The molecule has 0 bridgehead atoms. The first-order valence-electron chi connectivity index (χ1n) is 9.75. The number of nitriles is 1. The summed E-state index contributed by atoms with van der Waals surface area (Å²) >= 11 is 1.00. The van der Waals surface area contributed by atoms with Crippen molar-refractivity contribution in [3.8, 4) is 11.8 Å². The van der Waals surface area contributed by atoms with E-state index in [1.54, 1.807) is 18.2 Å². The van der Waals surface area contributed by atoms with Gasteiger partial charge in [-0.15, -0.1) is 0 Å². The highest BCUT2D eigenvalue weighted by molar-refractivity contribution is 8.03. The zero-order valence-electron chi connectivity index (χ0n) is 17.2. The third-order valence-electron chi connectivity index (χ3n) is 4.67. The van der Waals surface area contributed by atoms with E-state index in [9.17, 15) is 25.0 Å². The molecule has 0 spiro atoms. The van der Waals surface area contributed by atoms with E-state index >= 15 is 0 Å². The summed E-state index contributed by atoms with van der Waals surface area (Å²) in [6, 6.07) is 15.2. The van der Waals surface area contributed by atoms with Gasteiger partial charge in [0.25, 0.3) is 5.69 Å². The van der Waals surface area contributed by atoms with Crippen molar-refractivity contribution in [1.82, 2.24) is 5.32 Å². The first-order valence-corrected chi connectivity index (χ1v) is 10.7. The zero-order valence-corrected chi connectivity index (χ0v) is 18.0. The van der Waals surface area contributed by atoms with Gasteiger partial charge in [0.15, 0.2) is 0 Å². The molecule has 0 unspecified atom stereocenters. The molecule has 0 fully saturated rings. The van der Waals surface area contributed by atoms with E-state index in [1.165, 1.54) is 18.2 Å². The Balaban J connectivity index is 1.75. The van der Waals surface area contributed by atoms with E-state index in [2.05, 4.69) is 16.7 Å². The van der Waals surface area contributed by atoms with Crippen LogP contribution in [0.15, 0.2) is 59.1 Å². The number of allylic oxidation sites excluding steroid dienone is 1. The highest BCUT2D eigenvalue weighted by Crippen LogP contribution is 2.36. The van der Waals surface area contributed by atoms with Gasteiger partial charge in [-0.25, -0.2) is 0 Å². The van der Waals surface area contributed by atoms with E-state index in [0.717, 1.165) is 17.3 Å². The molecule has 1 aliphatic heterocycles. The quantitative estimate of drug-likeness (QED) is 0.460. The molecule has 1 aliphatic rings. The van der Waals surface area contributed by atoms with E-state index in [-0.39, 0.29) is 29.5 Å². The Labute approximate surface area is 188 Å². The summed E-state index contributed by atoms with van der Waals surface area (Å²) in [5.41, 5.74) is 1.02. The van der Waals surface area contributed by atoms with Crippen LogP contribution in [0, 0.1) is 21.4 Å². The Morgan fingerprint density at radius 1 is 1.31 bits per heavy atom. The maximum atomic E-state index is 12.4. The number of thioether (sulfide) groups is 1. The van der Waals surface area contributed by atoms with Gasteiger partial charge in [0.05, 0.1) is 34.0 Å². The molecule has 0 saturated carbocycles. The summed E-state index contributed by atoms with van der Waals surface area (Å²) in [6.45, 7) is 2.41. The number of carbonyl (C=O) groups excluding carboxylic acids is 2. The van der Waals surface area contributed by atoms with Crippen molar-refractivity contribution in [1.29, 1.82) is 5.26 Å². The van der Waals surface area contributed by atoms with E-state index in [0.29, 0.717) is 23.0 Å². The molecule has 3 rings (SSSR count). The number of anilines is 1. The zero-order chi connectivity index (χ0) is 23.1. The number of hydrogen-bond donors (Lipinski definition) is 2. The van der Waals surface area contributed by atoms with Crippen LogP contribution in [-0.4, -0.2) is 29.1 Å². The summed E-state index contributed by atoms with van der Waals surface area (Å²) < 4.78 is 5.43. The molecular formula is C22H20N4O5S. The molecule has 32 heavy (non-hydrogen) atoms. The first-order chi connectivity index (χ1) is 15.4. The summed E-state index contributed by atoms with van der Waals surface area (Å²) in [4.78, 5) is 35.2. The molecule has 0 saturated heterocycles. The molecule has 0 aliphatic carbocycles. The summed E-state index contributed by atoms with van der Waals surface area (Å²) in [7, 11) is 0. The van der Waals surface area contributed by atoms with Gasteiger partial charge in [0, 0.05) is 18.4 Å². The Hall–Kier alpha value is -3.84. The largest absolute Gasteiger partial charge is 0.494 e. The molecule has 0 aromatic heterocycles. The maximum Gasteiger partial charge on any atom is 0.292 e. The molecule has 9 nitrogen and oxygen atoms in total. The molecule has 2 amide bonds. The molecule has 164 valence electrons. The Bertz CT molecular complexity index is 1110. The van der Waals surface area contributed by atoms with Gasteiger partial charge in [-0.1, -0.05) is 36.0 Å². The van der Waals surface area contributed by atoms with Gasteiger partial charge in [0.1, 0.15) is 11.4 Å². The minimum Gasteiger partial charge on any atom is -0.494 e. The Morgan fingerprint density at radius 2 is 2.03 bits per heavy atom. The normalized spacial score (nSPS) is 15.5. The van der Waals surface area contributed by atoms with Crippen LogP contribution in [0.1, 0.15) is 24.8 Å². The lowest BCUT2D eigenvalue weighted by Gasteiger charge is -2.25. The smallest absolute Gasteiger partial charge is 0.292 e. The van der Waals surface area contributed by atoms with Crippen LogP contribution in [0.25, 0.3) is 0 Å². The van der Waals surface area contributed by atoms with Crippen molar-refractivity contribution >= 4 is 35.0 Å². The van der Waals surface area contributed by atoms with Crippen LogP contribution >= 0.6 is 11.8 Å². The molecule has 2 aromatic rings. The average Bonchev–Trinajstić information content (AvgIpc) is 2.78. The third kappa shape index (κ3) is 5.44. The number of nitrogens with one attached hydrogen (secondary N) is 2. The van der Waals surface area contributed by atoms with Crippen molar-refractivity contribution in [2.45, 2.75) is 19.3 Å². The Morgan fingerprint density at radius 3 is 2.69 bits per heavy atom. The molecule has 2 aromatic carbocycles. The van der Waals surface area contributed by atoms with Crippen LogP contribution in [0.2, 0.25) is 0 Å². The lowest BCUT2D eigenvalue weighted by Crippen LogP contribution is -2.31. The molecule has 10 heteroatoms. The number of nitro benzene ring substituents is 1. The fraction of sp³-hybridized carbons (Fsp3) is 0.227. The maximum absolute atomic E-state index is 12.4. The minimum atomic E-state index is -0.582. The highest BCUT2D eigenvalue weighted by atomic mass is 32.2. The summed E-state index contributed by atoms with van der Waals surface area (Å²) in [5.74, 6) is -0.635. The second-order valence-electron chi connectivity index (χ2n) is 6.77. The topological polar surface area (TPSA) is 134 Å². The van der Waals surface area contributed by atoms with E-state index in [1.807, 2.05) is 19.1 Å². The van der Waals surface area contributed by atoms with Crippen LogP contribution in [0.3, 0.4) is 0 Å². The van der Waals surface area contributed by atoms with E-state index < -0.39 is 16.7 Å². The van der Waals surface area contributed by atoms with Crippen molar-refractivity contribution in [3.05, 3.63) is 74.8 Å². The third-order valence-corrected chi connectivity index (χ3v) is 5.69. The molecule has 1 heterocycles. The van der Waals surface area contributed by atoms with Crippen molar-refractivity contribution in [2.75, 3.05) is 17.7 Å². The first kappa shape index (κ1) is 22.8. The van der Waals surface area contributed by atoms with Gasteiger partial charge in [-0.05, 0) is 30.7 Å². The second-order valence-corrected chi connectivity index (χ2v) is 7.76. The average molecular weight is 452 g/mol.